The number of nitrogens with one attached hydrogen (secondary N) is 1. The second-order valence-corrected chi connectivity index (χ2v) is 10.8. The topological polar surface area (TPSA) is 88.2 Å². The Balaban J connectivity index is 1.35. The van der Waals surface area contributed by atoms with E-state index in [-0.39, 0.29) is 25.2 Å². The van der Waals surface area contributed by atoms with Crippen molar-refractivity contribution >= 4 is 16.1 Å². The molecular weight excluding hydrogens is 406 g/mol. The molecular formula is C21H31N3O5S. The average molecular weight is 438 g/mol. The van der Waals surface area contributed by atoms with Crippen LogP contribution in [0.15, 0.2) is 18.2 Å². The van der Waals surface area contributed by atoms with Gasteiger partial charge in [0.15, 0.2) is 11.5 Å². The van der Waals surface area contributed by atoms with Gasteiger partial charge in [0.25, 0.3) is 10.2 Å². The van der Waals surface area contributed by atoms with E-state index in [0.29, 0.717) is 62.4 Å². The van der Waals surface area contributed by atoms with Crippen molar-refractivity contribution in [3.63, 3.8) is 0 Å². The highest BCUT2D eigenvalue weighted by atomic mass is 32.2. The number of fused-ring (bicyclic) bond motifs is 1. The Labute approximate surface area is 178 Å². The normalized spacial score (nSPS) is 27.7. The summed E-state index contributed by atoms with van der Waals surface area (Å²) in [5.41, 5.74) is 0.921. The first-order chi connectivity index (χ1) is 14.3. The first kappa shape index (κ1) is 21.4. The molecule has 8 nitrogen and oxygen atoms in total. The molecule has 0 unspecified atom stereocenters. The number of piperidine rings is 2. The molecule has 1 N–H and O–H groups in total. The molecule has 166 valence electrons. The molecule has 1 amide bonds. The molecule has 2 fully saturated rings. The summed E-state index contributed by atoms with van der Waals surface area (Å²) in [6.45, 7) is 6.63. The number of benzene rings is 1. The van der Waals surface area contributed by atoms with Gasteiger partial charge in [0, 0.05) is 32.7 Å². The molecule has 3 aliphatic rings. The van der Waals surface area contributed by atoms with Crippen LogP contribution in [-0.4, -0.2) is 55.9 Å². The molecule has 0 saturated carbocycles. The van der Waals surface area contributed by atoms with Crippen LogP contribution in [-0.2, 0) is 21.5 Å². The molecule has 0 aliphatic carbocycles. The van der Waals surface area contributed by atoms with Gasteiger partial charge in [-0.3, -0.25) is 4.79 Å². The summed E-state index contributed by atoms with van der Waals surface area (Å²) in [4.78, 5) is 12.8. The number of carbonyl (C=O) groups excluding carboxylic acids is 1. The summed E-state index contributed by atoms with van der Waals surface area (Å²) in [5, 5.41) is 2.96. The second kappa shape index (κ2) is 8.72. The lowest BCUT2D eigenvalue weighted by Crippen LogP contribution is -2.53. The molecule has 3 aliphatic heterocycles. The molecule has 4 rings (SSSR count). The maximum absolute atomic E-state index is 13.2. The maximum Gasteiger partial charge on any atom is 0.282 e. The van der Waals surface area contributed by atoms with Crippen LogP contribution in [0.5, 0.6) is 11.5 Å². The Hall–Kier alpha value is -1.84. The lowest BCUT2D eigenvalue weighted by atomic mass is 9.94. The molecule has 2 saturated heterocycles. The minimum atomic E-state index is -3.54. The standard InChI is InChI=1S/C21H31N3O5S/c1-15-8-16(2)12-24(11-15)30(26,27)23-7-3-4-18(13-23)21(25)22-10-17-5-6-19-20(9-17)29-14-28-19/h5-6,9,15-16,18H,3-4,7-8,10-14H2,1-2H3,(H,22,25)/t15-,16+,18-/m1/s1. The Kier molecular flexibility index (Phi) is 6.22. The van der Waals surface area contributed by atoms with E-state index in [1.807, 2.05) is 18.2 Å². The van der Waals surface area contributed by atoms with E-state index in [4.69, 9.17) is 9.47 Å². The minimum Gasteiger partial charge on any atom is -0.454 e. The van der Waals surface area contributed by atoms with Gasteiger partial charge in [-0.05, 0) is 48.8 Å². The van der Waals surface area contributed by atoms with Crippen molar-refractivity contribution in [2.24, 2.45) is 17.8 Å². The monoisotopic (exact) mass is 437 g/mol. The van der Waals surface area contributed by atoms with Gasteiger partial charge in [0.2, 0.25) is 12.7 Å². The van der Waals surface area contributed by atoms with E-state index < -0.39 is 10.2 Å². The minimum absolute atomic E-state index is 0.104. The number of hydrogen-bond acceptors (Lipinski definition) is 5. The van der Waals surface area contributed by atoms with Gasteiger partial charge in [-0.25, -0.2) is 0 Å². The number of ether oxygens (including phenoxy) is 2. The van der Waals surface area contributed by atoms with Crippen molar-refractivity contribution in [3.8, 4) is 11.5 Å². The number of hydrogen-bond donors (Lipinski definition) is 1. The van der Waals surface area contributed by atoms with E-state index in [1.165, 1.54) is 4.31 Å². The highest BCUT2D eigenvalue weighted by Gasteiger charge is 2.38. The van der Waals surface area contributed by atoms with E-state index in [0.717, 1.165) is 12.0 Å². The van der Waals surface area contributed by atoms with Gasteiger partial charge < -0.3 is 14.8 Å². The molecule has 3 atom stereocenters. The quantitative estimate of drug-likeness (QED) is 0.761. The molecule has 0 spiro atoms. The fraction of sp³-hybridized carbons (Fsp3) is 0.667. The van der Waals surface area contributed by atoms with Gasteiger partial charge in [0.05, 0.1) is 5.92 Å². The zero-order chi connectivity index (χ0) is 21.3. The molecule has 0 bridgehead atoms. The van der Waals surface area contributed by atoms with Crippen molar-refractivity contribution in [1.82, 2.24) is 13.9 Å². The predicted octanol–water partition coefficient (Wildman–Crippen LogP) is 1.97. The lowest BCUT2D eigenvalue weighted by molar-refractivity contribution is -0.126. The van der Waals surface area contributed by atoms with Crippen LogP contribution >= 0.6 is 0 Å². The number of carbonyl (C=O) groups is 1. The van der Waals surface area contributed by atoms with Crippen LogP contribution in [0.1, 0.15) is 38.7 Å². The summed E-state index contributed by atoms with van der Waals surface area (Å²) in [7, 11) is -3.54. The van der Waals surface area contributed by atoms with Gasteiger partial charge in [-0.1, -0.05) is 19.9 Å². The van der Waals surface area contributed by atoms with Crippen LogP contribution in [0.25, 0.3) is 0 Å². The Morgan fingerprint density at radius 1 is 1.10 bits per heavy atom. The van der Waals surface area contributed by atoms with Crippen molar-refractivity contribution in [3.05, 3.63) is 23.8 Å². The van der Waals surface area contributed by atoms with Crippen molar-refractivity contribution in [2.75, 3.05) is 33.0 Å². The summed E-state index contributed by atoms with van der Waals surface area (Å²) in [5.74, 6) is 1.67. The van der Waals surface area contributed by atoms with Gasteiger partial charge >= 0.3 is 0 Å². The van der Waals surface area contributed by atoms with E-state index >= 15 is 0 Å². The van der Waals surface area contributed by atoms with Crippen LogP contribution in [0.4, 0.5) is 0 Å². The summed E-state index contributed by atoms with van der Waals surface area (Å²) >= 11 is 0. The zero-order valence-corrected chi connectivity index (χ0v) is 18.5. The Bertz CT molecular complexity index is 881. The highest BCUT2D eigenvalue weighted by molar-refractivity contribution is 7.86. The SMILES string of the molecule is C[C@@H]1C[C@H](C)CN(S(=O)(=O)N2CCC[C@@H](C(=O)NCc3ccc4c(c3)OCO4)C2)C1. The van der Waals surface area contributed by atoms with Gasteiger partial charge in [-0.2, -0.15) is 17.0 Å². The van der Waals surface area contributed by atoms with E-state index in [1.54, 1.807) is 4.31 Å². The van der Waals surface area contributed by atoms with E-state index in [9.17, 15) is 13.2 Å². The third-order valence-corrected chi connectivity index (χ3v) is 8.08. The van der Waals surface area contributed by atoms with E-state index in [2.05, 4.69) is 19.2 Å². The maximum atomic E-state index is 13.2. The summed E-state index contributed by atoms with van der Waals surface area (Å²) in [6, 6.07) is 5.59. The molecule has 9 heteroatoms. The lowest BCUT2D eigenvalue weighted by Gasteiger charge is -2.39. The van der Waals surface area contributed by atoms with Crippen LogP contribution < -0.4 is 14.8 Å². The first-order valence-corrected chi connectivity index (χ1v) is 12.1. The summed E-state index contributed by atoms with van der Waals surface area (Å²) in [6.07, 6.45) is 2.45. The molecule has 3 heterocycles. The third kappa shape index (κ3) is 4.58. The number of amides is 1. The first-order valence-electron chi connectivity index (χ1n) is 10.7. The summed E-state index contributed by atoms with van der Waals surface area (Å²) < 4.78 is 40.2. The van der Waals surface area contributed by atoms with Gasteiger partial charge in [0.1, 0.15) is 0 Å². The molecule has 1 aromatic rings. The number of rotatable bonds is 5. The van der Waals surface area contributed by atoms with Crippen LogP contribution in [0.2, 0.25) is 0 Å². The van der Waals surface area contributed by atoms with Crippen molar-refractivity contribution in [1.29, 1.82) is 0 Å². The Morgan fingerprint density at radius 3 is 2.60 bits per heavy atom. The highest BCUT2D eigenvalue weighted by Crippen LogP contribution is 2.32. The van der Waals surface area contributed by atoms with Gasteiger partial charge in [-0.15, -0.1) is 0 Å². The van der Waals surface area contributed by atoms with Crippen molar-refractivity contribution in [2.45, 2.75) is 39.7 Å². The molecule has 0 aromatic heterocycles. The zero-order valence-electron chi connectivity index (χ0n) is 17.7. The smallest absolute Gasteiger partial charge is 0.282 e. The number of nitrogens with zero attached hydrogens (tertiary/aromatic N) is 2. The molecule has 0 radical (unpaired) electrons. The van der Waals surface area contributed by atoms with Crippen LogP contribution in [0.3, 0.4) is 0 Å². The molecule has 30 heavy (non-hydrogen) atoms. The fourth-order valence-electron chi connectivity index (χ4n) is 4.71. The third-order valence-electron chi connectivity index (χ3n) is 6.15. The largest absolute Gasteiger partial charge is 0.454 e. The predicted molar refractivity (Wildman–Crippen MR) is 112 cm³/mol. The molecule has 1 aromatic carbocycles. The van der Waals surface area contributed by atoms with Crippen LogP contribution in [0, 0.1) is 17.8 Å². The van der Waals surface area contributed by atoms with Crippen molar-refractivity contribution < 1.29 is 22.7 Å². The average Bonchev–Trinajstić information content (AvgIpc) is 3.19. The Morgan fingerprint density at radius 2 is 1.83 bits per heavy atom. The fourth-order valence-corrected chi connectivity index (χ4v) is 6.65. The second-order valence-electron chi connectivity index (χ2n) is 8.87.